The Morgan fingerprint density at radius 3 is 2.62 bits per heavy atom. The molecule has 0 aliphatic carbocycles. The van der Waals surface area contributed by atoms with E-state index in [0.29, 0.717) is 23.7 Å². The Morgan fingerprint density at radius 1 is 1.10 bits per heavy atom. The van der Waals surface area contributed by atoms with E-state index in [-0.39, 0.29) is 30.0 Å². The minimum absolute atomic E-state index is 0.0267. The van der Waals surface area contributed by atoms with E-state index in [9.17, 15) is 13.2 Å². The lowest BCUT2D eigenvalue weighted by atomic mass is 10.0. The van der Waals surface area contributed by atoms with E-state index in [1.807, 2.05) is 29.2 Å². The summed E-state index contributed by atoms with van der Waals surface area (Å²) < 4.78 is 30.3. The van der Waals surface area contributed by atoms with Gasteiger partial charge in [-0.25, -0.2) is 8.42 Å². The molecule has 6 nitrogen and oxygen atoms in total. The highest BCUT2D eigenvalue weighted by molar-refractivity contribution is 7.91. The number of rotatable bonds is 5. The van der Waals surface area contributed by atoms with E-state index in [0.717, 1.165) is 11.3 Å². The van der Waals surface area contributed by atoms with E-state index < -0.39 is 15.9 Å². The molecular weight excluding hydrogens is 412 g/mol. The van der Waals surface area contributed by atoms with Gasteiger partial charge in [-0.3, -0.25) is 9.69 Å². The zero-order valence-corrected chi connectivity index (χ0v) is 17.7. The standard InChI is InChI=1S/C21H23ClN2O4S/c1-28-20-8-3-2-5-15(20)9-10-23-12-21(25)24(17-7-4-6-16(22)11-17)19-14-29(26,27)13-18(19)23/h2-8,11,18-19H,9-10,12-14H2,1H3/t18-,19-/m0/s1. The summed E-state index contributed by atoms with van der Waals surface area (Å²) in [6.07, 6.45) is 0.678. The van der Waals surface area contributed by atoms with Crippen LogP contribution in [-0.4, -0.2) is 63.0 Å². The molecule has 0 radical (unpaired) electrons. The van der Waals surface area contributed by atoms with Crippen LogP contribution in [0.1, 0.15) is 5.56 Å². The first-order valence-corrected chi connectivity index (χ1v) is 11.7. The average Bonchev–Trinajstić information content (AvgIpc) is 3.01. The highest BCUT2D eigenvalue weighted by Gasteiger charge is 2.49. The number of para-hydroxylation sites is 1. The molecule has 2 heterocycles. The van der Waals surface area contributed by atoms with Crippen molar-refractivity contribution in [3.63, 3.8) is 0 Å². The number of amides is 1. The minimum atomic E-state index is -3.23. The molecule has 0 aromatic heterocycles. The fourth-order valence-corrected chi connectivity index (χ4v) is 6.50. The summed E-state index contributed by atoms with van der Waals surface area (Å²) in [6.45, 7) is 0.768. The number of hydrogen-bond donors (Lipinski definition) is 0. The summed E-state index contributed by atoms with van der Waals surface area (Å²) in [5, 5.41) is 0.520. The van der Waals surface area contributed by atoms with Crippen LogP contribution in [0.25, 0.3) is 0 Å². The molecule has 2 aromatic carbocycles. The first-order valence-electron chi connectivity index (χ1n) is 9.52. The van der Waals surface area contributed by atoms with Gasteiger partial charge in [-0.15, -0.1) is 0 Å². The summed E-state index contributed by atoms with van der Waals surface area (Å²) in [4.78, 5) is 16.7. The van der Waals surface area contributed by atoms with Crippen molar-refractivity contribution >= 4 is 33.0 Å². The van der Waals surface area contributed by atoms with E-state index in [2.05, 4.69) is 0 Å². The summed E-state index contributed by atoms with van der Waals surface area (Å²) >= 11 is 6.11. The van der Waals surface area contributed by atoms with E-state index in [1.54, 1.807) is 36.3 Å². The Bertz CT molecular complexity index is 1030. The SMILES string of the molecule is COc1ccccc1CCN1CC(=O)N(c2cccc(Cl)c2)[C@H]2CS(=O)(=O)C[C@@H]21. The molecular formula is C21H23ClN2O4S. The molecule has 1 amide bonds. The third kappa shape index (κ3) is 4.13. The molecule has 0 saturated carbocycles. The number of sulfone groups is 1. The van der Waals surface area contributed by atoms with Gasteiger partial charge in [-0.05, 0) is 36.2 Å². The van der Waals surface area contributed by atoms with Gasteiger partial charge < -0.3 is 9.64 Å². The summed E-state index contributed by atoms with van der Waals surface area (Å²) in [5.41, 5.74) is 1.69. The van der Waals surface area contributed by atoms with Gasteiger partial charge in [-0.1, -0.05) is 35.9 Å². The van der Waals surface area contributed by atoms with Crippen LogP contribution in [0.2, 0.25) is 5.02 Å². The van der Waals surface area contributed by atoms with E-state index in [4.69, 9.17) is 16.3 Å². The van der Waals surface area contributed by atoms with Gasteiger partial charge in [0.1, 0.15) is 5.75 Å². The van der Waals surface area contributed by atoms with Crippen molar-refractivity contribution < 1.29 is 17.9 Å². The van der Waals surface area contributed by atoms with Crippen molar-refractivity contribution in [3.05, 3.63) is 59.1 Å². The third-order valence-electron chi connectivity index (χ3n) is 5.65. The monoisotopic (exact) mass is 434 g/mol. The van der Waals surface area contributed by atoms with Crippen LogP contribution in [-0.2, 0) is 21.1 Å². The Kier molecular flexibility index (Phi) is 5.55. The Balaban J connectivity index is 1.59. The molecule has 0 N–H and O–H groups in total. The minimum Gasteiger partial charge on any atom is -0.496 e. The molecule has 0 bridgehead atoms. The van der Waals surface area contributed by atoms with Crippen molar-refractivity contribution in [2.24, 2.45) is 0 Å². The lowest BCUT2D eigenvalue weighted by Crippen LogP contribution is -2.62. The highest BCUT2D eigenvalue weighted by atomic mass is 35.5. The second-order valence-corrected chi connectivity index (χ2v) is 10.1. The average molecular weight is 435 g/mol. The maximum atomic E-state index is 13.0. The second-order valence-electron chi connectivity index (χ2n) is 7.49. The molecule has 0 spiro atoms. The Labute approximate surface area is 175 Å². The van der Waals surface area contributed by atoms with Crippen molar-refractivity contribution in [3.8, 4) is 5.75 Å². The van der Waals surface area contributed by atoms with Crippen LogP contribution < -0.4 is 9.64 Å². The van der Waals surface area contributed by atoms with Crippen LogP contribution in [0.4, 0.5) is 5.69 Å². The number of carbonyl (C=O) groups is 1. The maximum absolute atomic E-state index is 13.0. The molecule has 2 fully saturated rings. The molecule has 2 aliphatic rings. The number of nitrogens with zero attached hydrogens (tertiary/aromatic N) is 2. The molecule has 0 unspecified atom stereocenters. The molecule has 8 heteroatoms. The number of benzene rings is 2. The number of carbonyl (C=O) groups excluding carboxylic acids is 1. The zero-order valence-electron chi connectivity index (χ0n) is 16.1. The smallest absolute Gasteiger partial charge is 0.241 e. The maximum Gasteiger partial charge on any atom is 0.241 e. The van der Waals surface area contributed by atoms with Gasteiger partial charge in [0, 0.05) is 23.3 Å². The van der Waals surface area contributed by atoms with E-state index >= 15 is 0 Å². The summed E-state index contributed by atoms with van der Waals surface area (Å²) in [5.74, 6) is 0.729. The zero-order chi connectivity index (χ0) is 20.6. The number of fused-ring (bicyclic) bond motifs is 1. The molecule has 4 rings (SSSR count). The van der Waals surface area contributed by atoms with Gasteiger partial charge in [0.2, 0.25) is 5.91 Å². The lowest BCUT2D eigenvalue weighted by Gasteiger charge is -2.43. The number of methoxy groups -OCH3 is 1. The molecule has 154 valence electrons. The third-order valence-corrected chi connectivity index (χ3v) is 7.58. The fourth-order valence-electron chi connectivity index (χ4n) is 4.34. The number of hydrogen-bond acceptors (Lipinski definition) is 5. The van der Waals surface area contributed by atoms with Crippen molar-refractivity contribution in [2.75, 3.05) is 36.6 Å². The van der Waals surface area contributed by atoms with Gasteiger partial charge in [0.25, 0.3) is 0 Å². The number of piperazine rings is 1. The predicted molar refractivity (Wildman–Crippen MR) is 113 cm³/mol. The number of halogens is 1. The number of ether oxygens (including phenoxy) is 1. The van der Waals surface area contributed by atoms with Gasteiger partial charge in [-0.2, -0.15) is 0 Å². The molecule has 2 aliphatic heterocycles. The fraction of sp³-hybridized carbons (Fsp3) is 0.381. The van der Waals surface area contributed by atoms with Crippen LogP contribution in [0, 0.1) is 0 Å². The van der Waals surface area contributed by atoms with Gasteiger partial charge >= 0.3 is 0 Å². The van der Waals surface area contributed by atoms with Crippen molar-refractivity contribution in [1.82, 2.24) is 4.90 Å². The van der Waals surface area contributed by atoms with Crippen LogP contribution >= 0.6 is 11.6 Å². The Morgan fingerprint density at radius 2 is 1.86 bits per heavy atom. The van der Waals surface area contributed by atoms with E-state index in [1.165, 1.54) is 0 Å². The molecule has 2 aromatic rings. The largest absolute Gasteiger partial charge is 0.496 e. The summed E-state index contributed by atoms with van der Waals surface area (Å²) in [6, 6.07) is 14.1. The van der Waals surface area contributed by atoms with Crippen molar-refractivity contribution in [2.45, 2.75) is 18.5 Å². The van der Waals surface area contributed by atoms with Gasteiger partial charge in [0.15, 0.2) is 9.84 Å². The summed E-state index contributed by atoms with van der Waals surface area (Å²) in [7, 11) is -1.59. The highest BCUT2D eigenvalue weighted by Crippen LogP contribution is 2.33. The first kappa shape index (κ1) is 20.2. The topological polar surface area (TPSA) is 66.9 Å². The van der Waals surface area contributed by atoms with Crippen molar-refractivity contribution in [1.29, 1.82) is 0 Å². The molecule has 29 heavy (non-hydrogen) atoms. The lowest BCUT2D eigenvalue weighted by molar-refractivity contribution is -0.123. The molecule has 2 atom stereocenters. The van der Waals surface area contributed by atoms with Crippen LogP contribution in [0.15, 0.2) is 48.5 Å². The first-order chi connectivity index (χ1) is 13.9. The Hall–Kier alpha value is -2.09. The molecule has 2 saturated heterocycles. The predicted octanol–water partition coefficient (Wildman–Crippen LogP) is 2.41. The van der Waals surface area contributed by atoms with Gasteiger partial charge in [0.05, 0.1) is 31.2 Å². The quantitative estimate of drug-likeness (QED) is 0.723. The normalized spacial score (nSPS) is 23.8. The second kappa shape index (κ2) is 7.97. The van der Waals surface area contributed by atoms with Crippen LogP contribution in [0.5, 0.6) is 5.75 Å². The number of anilines is 1. The van der Waals surface area contributed by atoms with Crippen LogP contribution in [0.3, 0.4) is 0 Å².